The van der Waals surface area contributed by atoms with Crippen molar-refractivity contribution < 1.29 is 24.3 Å². The van der Waals surface area contributed by atoms with E-state index in [-0.39, 0.29) is 18.7 Å². The van der Waals surface area contributed by atoms with Crippen LogP contribution < -0.4 is 22.1 Å². The summed E-state index contributed by atoms with van der Waals surface area (Å²) >= 11 is 0. The van der Waals surface area contributed by atoms with E-state index in [2.05, 4.69) is 15.6 Å². The fraction of sp³-hybridized carbons (Fsp3) is 0.419. The Balaban J connectivity index is 1.42. The van der Waals surface area contributed by atoms with Gasteiger partial charge in [-0.15, -0.1) is 0 Å². The van der Waals surface area contributed by atoms with Crippen LogP contribution in [0.2, 0.25) is 0 Å². The molecule has 2 aromatic carbocycles. The summed E-state index contributed by atoms with van der Waals surface area (Å²) < 4.78 is 0. The summed E-state index contributed by atoms with van der Waals surface area (Å²) in [7, 11) is 0. The van der Waals surface area contributed by atoms with Gasteiger partial charge in [0.05, 0.1) is 6.04 Å². The highest BCUT2D eigenvalue weighted by Crippen LogP contribution is 2.22. The Kier molecular flexibility index (Phi) is 10.7. The molecule has 2 heterocycles. The number of nitrogens with zero attached hydrogens (tertiary/aromatic N) is 1. The second-order valence-corrected chi connectivity index (χ2v) is 10.8. The summed E-state index contributed by atoms with van der Waals surface area (Å²) in [5.74, 6) is -2.51. The first-order valence-corrected chi connectivity index (χ1v) is 14.5. The Labute approximate surface area is 245 Å². The summed E-state index contributed by atoms with van der Waals surface area (Å²) in [6, 6.07) is 13.0. The second kappa shape index (κ2) is 14.6. The van der Waals surface area contributed by atoms with E-state index in [1.807, 2.05) is 36.5 Å². The van der Waals surface area contributed by atoms with Crippen molar-refractivity contribution in [2.45, 2.75) is 69.1 Å². The van der Waals surface area contributed by atoms with Gasteiger partial charge in [0.25, 0.3) is 0 Å². The summed E-state index contributed by atoms with van der Waals surface area (Å²) in [4.78, 5) is 56.8. The van der Waals surface area contributed by atoms with Crippen LogP contribution in [-0.4, -0.2) is 75.9 Å². The van der Waals surface area contributed by atoms with Crippen molar-refractivity contribution in [3.63, 3.8) is 0 Å². The molecule has 1 aliphatic heterocycles. The number of H-pyrrole nitrogens is 1. The smallest absolute Gasteiger partial charge is 0.326 e. The molecule has 42 heavy (non-hydrogen) atoms. The van der Waals surface area contributed by atoms with Gasteiger partial charge in [0.15, 0.2) is 0 Å². The van der Waals surface area contributed by atoms with Crippen LogP contribution in [0.4, 0.5) is 0 Å². The van der Waals surface area contributed by atoms with Gasteiger partial charge in [-0.2, -0.15) is 0 Å². The van der Waals surface area contributed by atoms with Crippen LogP contribution in [0.3, 0.4) is 0 Å². The van der Waals surface area contributed by atoms with E-state index >= 15 is 0 Å². The molecular formula is C31H40N6O5. The van der Waals surface area contributed by atoms with Crippen molar-refractivity contribution in [1.29, 1.82) is 0 Å². The minimum Gasteiger partial charge on any atom is -0.480 e. The predicted octanol–water partition coefficient (Wildman–Crippen LogP) is 1.45. The number of aromatic nitrogens is 1. The van der Waals surface area contributed by atoms with Gasteiger partial charge in [-0.05, 0) is 62.3 Å². The number of hydrogen-bond donors (Lipinski definition) is 6. The van der Waals surface area contributed by atoms with Crippen LogP contribution in [0.25, 0.3) is 10.9 Å². The molecule has 1 aliphatic rings. The maximum atomic E-state index is 13.8. The van der Waals surface area contributed by atoms with Crippen molar-refractivity contribution in [3.05, 3.63) is 71.9 Å². The number of carboxylic acids is 1. The lowest BCUT2D eigenvalue weighted by atomic mass is 10.0. The average Bonchev–Trinajstić information content (AvgIpc) is 3.64. The molecule has 0 spiro atoms. The highest BCUT2D eigenvalue weighted by molar-refractivity contribution is 5.95. The van der Waals surface area contributed by atoms with E-state index in [0.717, 1.165) is 22.0 Å². The number of para-hydroxylation sites is 1. The van der Waals surface area contributed by atoms with Gasteiger partial charge in [-0.25, -0.2) is 4.79 Å². The van der Waals surface area contributed by atoms with Crippen molar-refractivity contribution in [1.82, 2.24) is 20.5 Å². The molecule has 1 fully saturated rings. The normalized spacial score (nSPS) is 17.0. The number of carbonyl (C=O) groups is 4. The van der Waals surface area contributed by atoms with Gasteiger partial charge in [0.1, 0.15) is 18.1 Å². The number of unbranched alkanes of at least 4 members (excludes halogenated alkanes) is 1. The van der Waals surface area contributed by atoms with E-state index in [1.165, 1.54) is 4.90 Å². The maximum Gasteiger partial charge on any atom is 0.326 e. The lowest BCUT2D eigenvalue weighted by Gasteiger charge is -2.30. The molecule has 0 bridgehead atoms. The van der Waals surface area contributed by atoms with Crippen molar-refractivity contribution in [2.24, 2.45) is 11.5 Å². The molecule has 3 aromatic rings. The lowest BCUT2D eigenvalue weighted by molar-refractivity contribution is -0.145. The van der Waals surface area contributed by atoms with E-state index in [1.54, 1.807) is 24.3 Å². The monoisotopic (exact) mass is 576 g/mol. The molecule has 11 heteroatoms. The molecular weight excluding hydrogens is 536 g/mol. The van der Waals surface area contributed by atoms with Crippen molar-refractivity contribution >= 4 is 34.6 Å². The van der Waals surface area contributed by atoms with Gasteiger partial charge >= 0.3 is 5.97 Å². The number of carbonyl (C=O) groups excluding carboxylic acids is 3. The first kappa shape index (κ1) is 30.7. The molecule has 8 N–H and O–H groups in total. The van der Waals surface area contributed by atoms with Crippen molar-refractivity contribution in [3.8, 4) is 0 Å². The highest BCUT2D eigenvalue weighted by atomic mass is 16.4. The molecule has 4 rings (SSSR count). The predicted molar refractivity (Wildman–Crippen MR) is 159 cm³/mol. The fourth-order valence-electron chi connectivity index (χ4n) is 5.48. The second-order valence-electron chi connectivity index (χ2n) is 10.8. The van der Waals surface area contributed by atoms with Crippen LogP contribution in [-0.2, 0) is 32.0 Å². The number of amides is 3. The molecule has 4 atom stereocenters. The van der Waals surface area contributed by atoms with Gasteiger partial charge in [-0.1, -0.05) is 48.5 Å². The Bertz CT molecular complexity index is 1380. The third-order valence-electron chi connectivity index (χ3n) is 7.75. The van der Waals surface area contributed by atoms with E-state index in [4.69, 9.17) is 11.5 Å². The zero-order valence-electron chi connectivity index (χ0n) is 23.6. The SMILES string of the molecule is NCCCCC(NC(=O)C(N)Cc1c[nH]c2ccccc12)C(=O)N1CCCC1C(=O)NC(Cc1ccccc1)C(=O)O. The molecule has 1 saturated heterocycles. The van der Waals surface area contributed by atoms with Crippen LogP contribution in [0.1, 0.15) is 43.2 Å². The first-order valence-electron chi connectivity index (χ1n) is 14.5. The Morgan fingerprint density at radius 2 is 1.71 bits per heavy atom. The molecule has 11 nitrogen and oxygen atoms in total. The lowest BCUT2D eigenvalue weighted by Crippen LogP contribution is -2.57. The zero-order chi connectivity index (χ0) is 30.1. The van der Waals surface area contributed by atoms with Crippen molar-refractivity contribution in [2.75, 3.05) is 13.1 Å². The van der Waals surface area contributed by atoms with Crippen LogP contribution in [0.5, 0.6) is 0 Å². The highest BCUT2D eigenvalue weighted by Gasteiger charge is 2.39. The minimum absolute atomic E-state index is 0.120. The quantitative estimate of drug-likeness (QED) is 0.157. The number of benzene rings is 2. The summed E-state index contributed by atoms with van der Waals surface area (Å²) in [5, 5.41) is 16.2. The maximum absolute atomic E-state index is 13.8. The van der Waals surface area contributed by atoms with Gasteiger partial charge in [-0.3, -0.25) is 14.4 Å². The number of nitrogens with one attached hydrogen (secondary N) is 3. The zero-order valence-corrected chi connectivity index (χ0v) is 23.6. The largest absolute Gasteiger partial charge is 0.480 e. The standard InChI is InChI=1S/C31H40N6O5/c32-15-7-6-13-25(35-28(38)23(33)18-21-19-34-24-12-5-4-11-22(21)24)30(40)37-16-8-14-27(37)29(39)36-26(31(41)42)17-20-9-2-1-3-10-20/h1-5,9-12,19,23,25-27,34H,6-8,13-18,32-33H2,(H,35,38)(H,36,39)(H,41,42). The fourth-order valence-corrected chi connectivity index (χ4v) is 5.48. The van der Waals surface area contributed by atoms with Gasteiger partial charge in [0, 0.05) is 30.1 Å². The average molecular weight is 577 g/mol. The number of aromatic amines is 1. The topological polar surface area (TPSA) is 184 Å². The summed E-state index contributed by atoms with van der Waals surface area (Å²) in [5.41, 5.74) is 14.6. The molecule has 4 unspecified atom stereocenters. The Hall–Kier alpha value is -4.22. The van der Waals surface area contributed by atoms with E-state index in [9.17, 15) is 24.3 Å². The number of aliphatic carboxylic acids is 1. The number of carboxylic acid groups (broad SMARTS) is 1. The number of likely N-dealkylation sites (tertiary alicyclic amines) is 1. The Morgan fingerprint density at radius 1 is 0.976 bits per heavy atom. The Morgan fingerprint density at radius 3 is 2.45 bits per heavy atom. The number of fused-ring (bicyclic) bond motifs is 1. The van der Waals surface area contributed by atoms with Crippen LogP contribution in [0, 0.1) is 0 Å². The summed E-state index contributed by atoms with van der Waals surface area (Å²) in [6.45, 7) is 0.777. The number of hydrogen-bond acceptors (Lipinski definition) is 6. The summed E-state index contributed by atoms with van der Waals surface area (Å²) in [6.07, 6.45) is 4.84. The molecule has 1 aromatic heterocycles. The molecule has 0 radical (unpaired) electrons. The molecule has 0 aliphatic carbocycles. The third-order valence-corrected chi connectivity index (χ3v) is 7.75. The molecule has 224 valence electrons. The molecule has 3 amide bonds. The van der Waals surface area contributed by atoms with Crippen LogP contribution in [0.15, 0.2) is 60.8 Å². The third kappa shape index (κ3) is 7.74. The first-order chi connectivity index (χ1) is 20.3. The van der Waals surface area contributed by atoms with E-state index < -0.39 is 42.0 Å². The molecule has 0 saturated carbocycles. The van der Waals surface area contributed by atoms with Gasteiger partial charge < -0.3 is 37.1 Å². The van der Waals surface area contributed by atoms with E-state index in [0.29, 0.717) is 45.2 Å². The van der Waals surface area contributed by atoms with Gasteiger partial charge in [0.2, 0.25) is 17.7 Å². The minimum atomic E-state index is -1.15. The van der Waals surface area contributed by atoms with Crippen LogP contribution >= 0.6 is 0 Å². The number of rotatable bonds is 14. The number of nitrogens with two attached hydrogens (primary N) is 2.